The Labute approximate surface area is 314 Å². The van der Waals surface area contributed by atoms with Crippen LogP contribution in [-0.4, -0.2) is 68.7 Å². The molecule has 7 nitrogen and oxygen atoms in total. The Morgan fingerprint density at radius 2 is 1.69 bits per heavy atom. The molecule has 0 aromatic heterocycles. The van der Waals surface area contributed by atoms with Gasteiger partial charge in [-0.2, -0.15) is 10.6 Å². The van der Waals surface area contributed by atoms with Crippen LogP contribution in [0.2, 0.25) is 0 Å². The smallest absolute Gasteiger partial charge is 0.337 e. The van der Waals surface area contributed by atoms with E-state index >= 15 is 0 Å². The fourth-order valence-corrected chi connectivity index (χ4v) is 17.0. The van der Waals surface area contributed by atoms with Gasteiger partial charge in [0.1, 0.15) is 0 Å². The van der Waals surface area contributed by atoms with E-state index in [4.69, 9.17) is 4.74 Å². The van der Waals surface area contributed by atoms with Crippen LogP contribution in [-0.2, 0) is 9.53 Å². The number of nitrogens with zero attached hydrogens (tertiary/aromatic N) is 1. The summed E-state index contributed by atoms with van der Waals surface area (Å²) in [6.07, 6.45) is 13.7. The Balaban J connectivity index is 1.06. The molecule has 2 saturated heterocycles. The van der Waals surface area contributed by atoms with E-state index < -0.39 is 10.6 Å². The lowest BCUT2D eigenvalue weighted by atomic mass is 9.33. The van der Waals surface area contributed by atoms with Crippen LogP contribution in [0.5, 0.6) is 0 Å². The maximum Gasteiger partial charge on any atom is 0.337 e. The molecule has 2 bridgehead atoms. The predicted molar refractivity (Wildman–Crippen MR) is 210 cm³/mol. The van der Waals surface area contributed by atoms with Gasteiger partial charge in [-0.1, -0.05) is 65.0 Å². The normalized spacial score (nSPS) is 44.7. The lowest BCUT2D eigenvalue weighted by Crippen LogP contribution is -2.68. The van der Waals surface area contributed by atoms with Crippen molar-refractivity contribution in [2.75, 3.05) is 26.0 Å². The highest BCUT2D eigenvalue weighted by atomic mass is 32.3. The Bertz CT molecular complexity index is 1690. The highest BCUT2D eigenvalue weighted by Crippen LogP contribution is 2.76. The van der Waals surface area contributed by atoms with E-state index in [1.165, 1.54) is 49.5 Å². The van der Waals surface area contributed by atoms with E-state index in [0.717, 1.165) is 38.5 Å². The molecule has 1 aromatic rings. The van der Waals surface area contributed by atoms with Crippen molar-refractivity contribution in [2.24, 2.45) is 51.2 Å². The standard InChI is InChI=1S/C44H64N2O5S/c1-27(2)32-15-20-44(45-37(47)25-46-24-31-23-30(46)26-52(31,49)50)22-21-42(6)34(38(32)44)13-14-36-41(5)18-16-33(28-9-11-29(12-10-28)39(48)51-8)40(3,4)35(41)17-19-43(36,42)7/h9-12,16,30-32,34-36,38,49-50H,1,13-15,17-26H2,2-8H3,(H,45,47)/t30-,31-,32-,34+,35-,36+,38+,41-,42+,43+,44-/m0/s1. The number of likely N-dealkylation sites (tertiary alicyclic amines) is 1. The number of carbonyl (C=O) groups excluding carboxylic acids is 2. The summed E-state index contributed by atoms with van der Waals surface area (Å²) < 4.78 is 25.8. The highest BCUT2D eigenvalue weighted by Gasteiger charge is 2.70. The molecule has 5 aliphatic carbocycles. The number of hydrogen-bond acceptors (Lipinski definition) is 6. The summed E-state index contributed by atoms with van der Waals surface area (Å²) in [5, 5.41) is 3.67. The maximum absolute atomic E-state index is 14.0. The first-order chi connectivity index (χ1) is 24.4. The zero-order valence-corrected chi connectivity index (χ0v) is 33.6. The van der Waals surface area contributed by atoms with Gasteiger partial charge >= 0.3 is 5.97 Å². The number of fused-ring (bicyclic) bond motifs is 9. The van der Waals surface area contributed by atoms with Gasteiger partial charge < -0.3 is 10.1 Å². The lowest BCUT2D eigenvalue weighted by molar-refractivity contribution is -0.219. The van der Waals surface area contributed by atoms with Gasteiger partial charge in [0, 0.05) is 18.1 Å². The molecule has 2 heterocycles. The third kappa shape index (κ3) is 5.15. The first kappa shape index (κ1) is 36.8. The third-order valence-corrected chi connectivity index (χ3v) is 19.7. The zero-order valence-electron chi connectivity index (χ0n) is 32.8. The molecular formula is C44H64N2O5S. The fourth-order valence-electron chi connectivity index (χ4n) is 14.9. The summed E-state index contributed by atoms with van der Waals surface area (Å²) in [5.41, 5.74) is 4.91. The molecule has 3 N–H and O–H groups in total. The van der Waals surface area contributed by atoms with Gasteiger partial charge in [-0.05, 0) is 146 Å². The Morgan fingerprint density at radius 1 is 0.962 bits per heavy atom. The van der Waals surface area contributed by atoms with E-state index in [0.29, 0.717) is 54.0 Å². The third-order valence-electron chi connectivity index (χ3n) is 17.5. The van der Waals surface area contributed by atoms with Crippen molar-refractivity contribution >= 4 is 28.0 Å². The molecule has 286 valence electrons. The summed E-state index contributed by atoms with van der Waals surface area (Å²) in [4.78, 5) is 28.4. The number of benzene rings is 1. The second-order valence-corrected chi connectivity index (χ2v) is 22.3. The molecule has 0 radical (unpaired) electrons. The number of ether oxygens (including phenoxy) is 1. The molecule has 6 fully saturated rings. The molecule has 8 rings (SSSR count). The summed E-state index contributed by atoms with van der Waals surface area (Å²) in [7, 11) is -1.06. The Morgan fingerprint density at radius 3 is 2.33 bits per heavy atom. The van der Waals surface area contributed by atoms with E-state index in [1.54, 1.807) is 0 Å². The molecule has 1 amide bonds. The average molecular weight is 733 g/mol. The van der Waals surface area contributed by atoms with Crippen molar-refractivity contribution < 1.29 is 23.4 Å². The van der Waals surface area contributed by atoms with Crippen LogP contribution in [0.15, 0.2) is 42.5 Å². The molecule has 4 saturated carbocycles. The van der Waals surface area contributed by atoms with Crippen molar-refractivity contribution in [3.05, 3.63) is 53.6 Å². The molecule has 1 aromatic carbocycles. The average Bonchev–Trinajstić information content (AvgIpc) is 3.75. The van der Waals surface area contributed by atoms with Crippen LogP contribution < -0.4 is 5.32 Å². The number of methoxy groups -OCH3 is 1. The van der Waals surface area contributed by atoms with Crippen LogP contribution in [0.1, 0.15) is 122 Å². The molecule has 52 heavy (non-hydrogen) atoms. The van der Waals surface area contributed by atoms with Crippen LogP contribution in [0.25, 0.3) is 5.57 Å². The predicted octanol–water partition coefficient (Wildman–Crippen LogP) is 9.20. The van der Waals surface area contributed by atoms with E-state index in [2.05, 4.69) is 76.5 Å². The second kappa shape index (κ2) is 12.2. The van der Waals surface area contributed by atoms with Gasteiger partial charge in [0.15, 0.2) is 0 Å². The largest absolute Gasteiger partial charge is 0.465 e. The Kier molecular flexibility index (Phi) is 8.63. The number of rotatable bonds is 6. The van der Waals surface area contributed by atoms with E-state index in [1.807, 2.05) is 12.1 Å². The van der Waals surface area contributed by atoms with Crippen molar-refractivity contribution in [1.29, 1.82) is 0 Å². The maximum atomic E-state index is 14.0. The minimum atomic E-state index is -2.49. The number of nitrogens with one attached hydrogen (secondary N) is 1. The van der Waals surface area contributed by atoms with Crippen molar-refractivity contribution in [3.8, 4) is 0 Å². The van der Waals surface area contributed by atoms with Crippen molar-refractivity contribution in [2.45, 2.75) is 123 Å². The van der Waals surface area contributed by atoms with Crippen molar-refractivity contribution in [1.82, 2.24) is 10.2 Å². The van der Waals surface area contributed by atoms with Crippen LogP contribution in [0.3, 0.4) is 0 Å². The molecule has 0 unspecified atom stereocenters. The van der Waals surface area contributed by atoms with E-state index in [-0.39, 0.29) is 50.4 Å². The molecule has 7 aliphatic rings. The minimum absolute atomic E-state index is 0.00731. The number of allylic oxidation sites excluding steroid dienone is 3. The van der Waals surface area contributed by atoms with Gasteiger partial charge in [0.2, 0.25) is 5.91 Å². The molecular weight excluding hydrogens is 669 g/mol. The van der Waals surface area contributed by atoms with Gasteiger partial charge in [-0.15, -0.1) is 0 Å². The van der Waals surface area contributed by atoms with Gasteiger partial charge in [-0.25, -0.2) is 4.79 Å². The summed E-state index contributed by atoms with van der Waals surface area (Å²) in [6, 6.07) is 8.15. The van der Waals surface area contributed by atoms with Gasteiger partial charge in [0.25, 0.3) is 0 Å². The first-order valence-corrected chi connectivity index (χ1v) is 22.0. The summed E-state index contributed by atoms with van der Waals surface area (Å²) in [6.45, 7) is 20.7. The topological polar surface area (TPSA) is 99.1 Å². The monoisotopic (exact) mass is 732 g/mol. The summed E-state index contributed by atoms with van der Waals surface area (Å²) >= 11 is 0. The molecule has 0 spiro atoms. The minimum Gasteiger partial charge on any atom is -0.465 e. The quantitative estimate of drug-likeness (QED) is 0.199. The number of esters is 1. The number of carbonyl (C=O) groups is 2. The van der Waals surface area contributed by atoms with Crippen LogP contribution in [0.4, 0.5) is 0 Å². The first-order valence-electron chi connectivity index (χ1n) is 20.2. The number of amides is 1. The van der Waals surface area contributed by atoms with Gasteiger partial charge in [-0.3, -0.25) is 18.8 Å². The van der Waals surface area contributed by atoms with Gasteiger partial charge in [0.05, 0.1) is 30.2 Å². The number of hydrogen-bond donors (Lipinski definition) is 3. The van der Waals surface area contributed by atoms with Crippen LogP contribution in [0, 0.1) is 51.2 Å². The zero-order chi connectivity index (χ0) is 37.2. The van der Waals surface area contributed by atoms with Crippen LogP contribution >= 0.6 is 10.6 Å². The fraction of sp³-hybridized carbons (Fsp3) is 0.727. The Hall–Kier alpha value is -2.13. The lowest BCUT2D eigenvalue weighted by Gasteiger charge is -2.72. The molecule has 11 atom stereocenters. The van der Waals surface area contributed by atoms with Crippen molar-refractivity contribution in [3.63, 3.8) is 0 Å². The van der Waals surface area contributed by atoms with E-state index in [9.17, 15) is 18.7 Å². The SMILES string of the molecule is C=C(C)[C@@H]1CC[C@]2(NC(=O)CN3C[C@@H]4C[C@H]3CS4(O)O)CC[C@]3(C)[C@H](CC[C@@H]4[C@@]5(C)CC=C(c6ccc(C(=O)OC)cc6)C(C)(C)[C@@H]5CC[C@]43C)[C@@H]12. The highest BCUT2D eigenvalue weighted by molar-refractivity contribution is 8.25. The second-order valence-electron chi connectivity index (χ2n) is 19.8. The molecule has 8 heteroatoms. The molecule has 2 aliphatic heterocycles. The summed E-state index contributed by atoms with van der Waals surface area (Å²) in [5.74, 6) is 2.83.